The van der Waals surface area contributed by atoms with Crippen LogP contribution in [0.25, 0.3) is 0 Å². The molecule has 2 unspecified atom stereocenters. The van der Waals surface area contributed by atoms with Crippen LogP contribution in [0.15, 0.2) is 4.99 Å². The Morgan fingerprint density at radius 3 is 2.94 bits per heavy atom. The third-order valence-electron chi connectivity index (χ3n) is 3.08. The van der Waals surface area contributed by atoms with E-state index in [1.807, 2.05) is 18.8 Å². The lowest BCUT2D eigenvalue weighted by molar-refractivity contribution is 0.181. The third kappa shape index (κ3) is 5.17. The van der Waals surface area contributed by atoms with Crippen molar-refractivity contribution >= 4 is 17.7 Å². The molecule has 0 bridgehead atoms. The maximum Gasteiger partial charge on any atom is 0.193 e. The van der Waals surface area contributed by atoms with E-state index in [1.165, 1.54) is 6.42 Å². The topological polar surface area (TPSA) is 36.9 Å². The summed E-state index contributed by atoms with van der Waals surface area (Å²) in [6, 6.07) is 0. The molecule has 0 amide bonds. The van der Waals surface area contributed by atoms with Crippen LogP contribution in [0.4, 0.5) is 0 Å². The van der Waals surface area contributed by atoms with E-state index in [0.29, 0.717) is 11.2 Å². The van der Waals surface area contributed by atoms with Crippen molar-refractivity contribution in [2.75, 3.05) is 46.7 Å². The zero-order valence-electron chi connectivity index (χ0n) is 11.4. The highest BCUT2D eigenvalue weighted by Gasteiger charge is 2.19. The van der Waals surface area contributed by atoms with Crippen LogP contribution in [-0.4, -0.2) is 62.8 Å². The molecule has 0 aliphatic carbocycles. The second-order valence-corrected chi connectivity index (χ2v) is 5.86. The SMILES string of the molecule is CN=C(NCC(C)SC)N(C)CC1CCOC1. The molecule has 1 fully saturated rings. The predicted molar refractivity (Wildman–Crippen MR) is 75.9 cm³/mol. The number of ether oxygens (including phenoxy) is 1. The summed E-state index contributed by atoms with van der Waals surface area (Å²) < 4.78 is 5.40. The molecule has 4 nitrogen and oxygen atoms in total. The van der Waals surface area contributed by atoms with Gasteiger partial charge in [0.25, 0.3) is 0 Å². The van der Waals surface area contributed by atoms with E-state index in [-0.39, 0.29) is 0 Å². The highest BCUT2D eigenvalue weighted by atomic mass is 32.2. The summed E-state index contributed by atoms with van der Waals surface area (Å²) in [7, 11) is 3.94. The van der Waals surface area contributed by atoms with Crippen LogP contribution < -0.4 is 5.32 Å². The molecule has 2 atom stereocenters. The fourth-order valence-electron chi connectivity index (χ4n) is 1.90. The summed E-state index contributed by atoms with van der Waals surface area (Å²) in [5.41, 5.74) is 0. The summed E-state index contributed by atoms with van der Waals surface area (Å²) in [5, 5.41) is 4.01. The molecule has 0 spiro atoms. The van der Waals surface area contributed by atoms with E-state index in [4.69, 9.17) is 4.74 Å². The van der Waals surface area contributed by atoms with Gasteiger partial charge in [0.2, 0.25) is 0 Å². The second kappa shape index (κ2) is 7.82. The van der Waals surface area contributed by atoms with Gasteiger partial charge in [-0.1, -0.05) is 6.92 Å². The third-order valence-corrected chi connectivity index (χ3v) is 4.05. The molecule has 0 radical (unpaired) electrons. The monoisotopic (exact) mass is 259 g/mol. The van der Waals surface area contributed by atoms with Gasteiger partial charge >= 0.3 is 0 Å². The van der Waals surface area contributed by atoms with Gasteiger partial charge in [-0.05, 0) is 12.7 Å². The van der Waals surface area contributed by atoms with E-state index >= 15 is 0 Å². The Labute approximate surface area is 109 Å². The van der Waals surface area contributed by atoms with Crippen molar-refractivity contribution in [3.05, 3.63) is 0 Å². The Bertz CT molecular complexity index is 242. The average Bonchev–Trinajstić information content (AvgIpc) is 2.82. The van der Waals surface area contributed by atoms with Gasteiger partial charge < -0.3 is 15.0 Å². The van der Waals surface area contributed by atoms with E-state index in [2.05, 4.69) is 35.4 Å². The summed E-state index contributed by atoms with van der Waals surface area (Å²) >= 11 is 1.87. The standard InChI is InChI=1S/C12H25N3OS/c1-10(17-4)7-14-12(13-2)15(3)8-11-5-6-16-9-11/h10-11H,5-9H2,1-4H3,(H,13,14). The van der Waals surface area contributed by atoms with Gasteiger partial charge in [-0.25, -0.2) is 0 Å². The Balaban J connectivity index is 2.32. The minimum Gasteiger partial charge on any atom is -0.381 e. The molecule has 5 heteroatoms. The summed E-state index contributed by atoms with van der Waals surface area (Å²) in [6.07, 6.45) is 3.30. The quantitative estimate of drug-likeness (QED) is 0.596. The number of hydrogen-bond acceptors (Lipinski definition) is 3. The van der Waals surface area contributed by atoms with Crippen molar-refractivity contribution in [2.45, 2.75) is 18.6 Å². The lowest BCUT2D eigenvalue weighted by Gasteiger charge is -2.25. The Morgan fingerprint density at radius 2 is 2.41 bits per heavy atom. The van der Waals surface area contributed by atoms with Crippen molar-refractivity contribution in [2.24, 2.45) is 10.9 Å². The molecule has 1 aliphatic rings. The number of nitrogens with one attached hydrogen (secondary N) is 1. The number of hydrogen-bond donors (Lipinski definition) is 1. The molecular formula is C12H25N3OS. The minimum atomic E-state index is 0.606. The first-order chi connectivity index (χ1) is 8.17. The Hall–Kier alpha value is -0.420. The Kier molecular flexibility index (Phi) is 6.73. The molecule has 100 valence electrons. The average molecular weight is 259 g/mol. The fourth-order valence-corrected chi connectivity index (χ4v) is 2.15. The molecule has 1 saturated heterocycles. The van der Waals surface area contributed by atoms with Crippen molar-refractivity contribution in [1.82, 2.24) is 10.2 Å². The first-order valence-corrected chi connectivity index (χ1v) is 7.48. The molecule has 1 aliphatic heterocycles. The van der Waals surface area contributed by atoms with Crippen LogP contribution in [0.2, 0.25) is 0 Å². The van der Waals surface area contributed by atoms with E-state index in [9.17, 15) is 0 Å². The smallest absolute Gasteiger partial charge is 0.193 e. The molecule has 1 N–H and O–H groups in total. The molecule has 1 heterocycles. The molecule has 0 aromatic heterocycles. The second-order valence-electron chi connectivity index (χ2n) is 4.58. The van der Waals surface area contributed by atoms with Crippen LogP contribution in [0, 0.1) is 5.92 Å². The Morgan fingerprint density at radius 1 is 1.65 bits per heavy atom. The van der Waals surface area contributed by atoms with E-state index in [0.717, 1.165) is 32.3 Å². The van der Waals surface area contributed by atoms with Gasteiger partial charge in [-0.2, -0.15) is 11.8 Å². The van der Waals surface area contributed by atoms with Crippen LogP contribution in [0.5, 0.6) is 0 Å². The largest absolute Gasteiger partial charge is 0.381 e. The van der Waals surface area contributed by atoms with Crippen LogP contribution >= 0.6 is 11.8 Å². The minimum absolute atomic E-state index is 0.606. The first-order valence-electron chi connectivity index (χ1n) is 6.19. The van der Waals surface area contributed by atoms with Gasteiger partial charge in [0, 0.05) is 45.0 Å². The normalized spacial score (nSPS) is 22.6. The number of aliphatic imine (C=N–C) groups is 1. The van der Waals surface area contributed by atoms with Gasteiger partial charge in [-0.3, -0.25) is 4.99 Å². The first kappa shape index (κ1) is 14.6. The fraction of sp³-hybridized carbons (Fsp3) is 0.917. The van der Waals surface area contributed by atoms with E-state index in [1.54, 1.807) is 0 Å². The summed E-state index contributed by atoms with van der Waals surface area (Å²) in [5.74, 6) is 1.63. The molecule has 1 rings (SSSR count). The lowest BCUT2D eigenvalue weighted by Crippen LogP contribution is -2.43. The molecule has 0 aromatic rings. The summed E-state index contributed by atoms with van der Waals surface area (Å²) in [6.45, 7) is 6.00. The zero-order valence-corrected chi connectivity index (χ0v) is 12.2. The predicted octanol–water partition coefficient (Wildman–Crippen LogP) is 1.28. The highest BCUT2D eigenvalue weighted by molar-refractivity contribution is 7.99. The molecule has 17 heavy (non-hydrogen) atoms. The van der Waals surface area contributed by atoms with Crippen molar-refractivity contribution < 1.29 is 4.74 Å². The van der Waals surface area contributed by atoms with Crippen LogP contribution in [0.3, 0.4) is 0 Å². The number of thioether (sulfide) groups is 1. The molecule has 0 saturated carbocycles. The van der Waals surface area contributed by atoms with Crippen molar-refractivity contribution in [3.8, 4) is 0 Å². The lowest BCUT2D eigenvalue weighted by atomic mass is 10.1. The molecular weight excluding hydrogens is 234 g/mol. The van der Waals surface area contributed by atoms with Crippen molar-refractivity contribution in [3.63, 3.8) is 0 Å². The van der Waals surface area contributed by atoms with Crippen molar-refractivity contribution in [1.29, 1.82) is 0 Å². The van der Waals surface area contributed by atoms with Gasteiger partial charge in [0.1, 0.15) is 0 Å². The molecule has 0 aromatic carbocycles. The van der Waals surface area contributed by atoms with Gasteiger partial charge in [0.05, 0.1) is 6.61 Å². The maximum absolute atomic E-state index is 5.40. The maximum atomic E-state index is 5.40. The van der Waals surface area contributed by atoms with E-state index < -0.39 is 0 Å². The summed E-state index contributed by atoms with van der Waals surface area (Å²) in [4.78, 5) is 6.52. The number of nitrogens with zero attached hydrogens (tertiary/aromatic N) is 2. The van der Waals surface area contributed by atoms with Gasteiger partial charge in [0.15, 0.2) is 5.96 Å². The van der Waals surface area contributed by atoms with Crippen LogP contribution in [0.1, 0.15) is 13.3 Å². The zero-order chi connectivity index (χ0) is 12.7. The van der Waals surface area contributed by atoms with Gasteiger partial charge in [-0.15, -0.1) is 0 Å². The van der Waals surface area contributed by atoms with Crippen LogP contribution in [-0.2, 0) is 4.74 Å². The number of rotatable bonds is 5. The highest BCUT2D eigenvalue weighted by Crippen LogP contribution is 2.13. The number of guanidine groups is 1.